The van der Waals surface area contributed by atoms with Crippen LogP contribution < -0.4 is 10.1 Å². The molecule has 86 valence electrons. The molecule has 0 saturated carbocycles. The number of aryl methyl sites for hydroxylation is 1. The fourth-order valence-corrected chi connectivity index (χ4v) is 2.69. The third-order valence-corrected chi connectivity index (χ3v) is 3.57. The molecule has 2 aliphatic rings. The molecule has 3 heteroatoms. The second-order valence-corrected chi connectivity index (χ2v) is 4.69. The molecule has 1 saturated heterocycles. The van der Waals surface area contributed by atoms with Gasteiger partial charge >= 0.3 is 0 Å². The van der Waals surface area contributed by atoms with Gasteiger partial charge in [-0.05, 0) is 43.9 Å². The Labute approximate surface area is 95.4 Å². The number of phenols is 1. The second kappa shape index (κ2) is 3.98. The first kappa shape index (κ1) is 9.97. The molecule has 0 aliphatic carbocycles. The van der Waals surface area contributed by atoms with Crippen LogP contribution >= 0.6 is 0 Å². The molecule has 2 aliphatic heterocycles. The van der Waals surface area contributed by atoms with E-state index < -0.39 is 0 Å². The van der Waals surface area contributed by atoms with Gasteiger partial charge in [-0.2, -0.15) is 0 Å². The van der Waals surface area contributed by atoms with E-state index in [1.54, 1.807) is 12.1 Å². The molecule has 0 aromatic heterocycles. The van der Waals surface area contributed by atoms with Crippen LogP contribution in [0.25, 0.3) is 0 Å². The van der Waals surface area contributed by atoms with Crippen molar-refractivity contribution in [1.82, 2.24) is 5.32 Å². The van der Waals surface area contributed by atoms with Crippen LogP contribution in [0, 0.1) is 0 Å². The Kier molecular flexibility index (Phi) is 2.48. The molecule has 2 atom stereocenters. The van der Waals surface area contributed by atoms with Crippen LogP contribution in [0.1, 0.15) is 24.8 Å². The van der Waals surface area contributed by atoms with E-state index in [-0.39, 0.29) is 6.10 Å². The van der Waals surface area contributed by atoms with Crippen molar-refractivity contribution < 1.29 is 9.84 Å². The average molecular weight is 219 g/mol. The first-order chi connectivity index (χ1) is 7.83. The van der Waals surface area contributed by atoms with Gasteiger partial charge in [0.25, 0.3) is 0 Å². The van der Waals surface area contributed by atoms with E-state index in [0.29, 0.717) is 11.8 Å². The number of aromatic hydroxyl groups is 1. The van der Waals surface area contributed by atoms with Crippen molar-refractivity contribution >= 4 is 0 Å². The average Bonchev–Trinajstić information content (AvgIpc) is 2.81. The summed E-state index contributed by atoms with van der Waals surface area (Å²) >= 11 is 0. The molecule has 2 heterocycles. The van der Waals surface area contributed by atoms with E-state index in [9.17, 15) is 5.11 Å². The lowest BCUT2D eigenvalue weighted by Crippen LogP contribution is -2.40. The summed E-state index contributed by atoms with van der Waals surface area (Å²) in [5.41, 5.74) is 1.21. The Morgan fingerprint density at radius 1 is 1.31 bits per heavy atom. The van der Waals surface area contributed by atoms with Crippen LogP contribution in [0.2, 0.25) is 0 Å². The molecule has 16 heavy (non-hydrogen) atoms. The SMILES string of the molecule is Oc1ccc2c(c1)OC(C1CCCN1)CC2. The van der Waals surface area contributed by atoms with Gasteiger partial charge < -0.3 is 15.2 Å². The molecule has 3 nitrogen and oxygen atoms in total. The standard InChI is InChI=1S/C13H17NO2/c15-10-5-3-9-4-6-12(16-13(9)8-10)11-2-1-7-14-11/h3,5,8,11-12,14-15H,1-2,4,6-7H2. The van der Waals surface area contributed by atoms with Gasteiger partial charge in [0.1, 0.15) is 17.6 Å². The Hall–Kier alpha value is -1.22. The predicted molar refractivity (Wildman–Crippen MR) is 61.9 cm³/mol. The molecule has 3 rings (SSSR count). The minimum Gasteiger partial charge on any atom is -0.508 e. The van der Waals surface area contributed by atoms with Crippen molar-refractivity contribution in [3.05, 3.63) is 23.8 Å². The Morgan fingerprint density at radius 3 is 3.06 bits per heavy atom. The van der Waals surface area contributed by atoms with Crippen molar-refractivity contribution in [3.63, 3.8) is 0 Å². The Balaban J connectivity index is 1.79. The van der Waals surface area contributed by atoms with Crippen molar-refractivity contribution in [2.45, 2.75) is 37.8 Å². The summed E-state index contributed by atoms with van der Waals surface area (Å²) in [5, 5.41) is 12.9. The molecule has 1 aromatic rings. The summed E-state index contributed by atoms with van der Waals surface area (Å²) in [7, 11) is 0. The van der Waals surface area contributed by atoms with Crippen LogP contribution in [-0.2, 0) is 6.42 Å². The zero-order chi connectivity index (χ0) is 11.0. The van der Waals surface area contributed by atoms with Crippen molar-refractivity contribution in [2.75, 3.05) is 6.54 Å². The van der Waals surface area contributed by atoms with Gasteiger partial charge in [0.05, 0.1) is 0 Å². The zero-order valence-corrected chi connectivity index (χ0v) is 9.28. The highest BCUT2D eigenvalue weighted by molar-refractivity contribution is 5.41. The Bertz CT molecular complexity index is 386. The maximum absolute atomic E-state index is 9.44. The van der Waals surface area contributed by atoms with Crippen LogP contribution in [0.15, 0.2) is 18.2 Å². The molecular formula is C13H17NO2. The van der Waals surface area contributed by atoms with Crippen LogP contribution in [0.4, 0.5) is 0 Å². The molecule has 1 aromatic carbocycles. The Morgan fingerprint density at radius 2 is 2.25 bits per heavy atom. The molecular weight excluding hydrogens is 202 g/mol. The summed E-state index contributed by atoms with van der Waals surface area (Å²) < 4.78 is 5.97. The molecule has 1 fully saturated rings. The van der Waals surface area contributed by atoms with Gasteiger partial charge in [-0.1, -0.05) is 6.07 Å². The first-order valence-electron chi connectivity index (χ1n) is 6.05. The maximum Gasteiger partial charge on any atom is 0.126 e. The lowest BCUT2D eigenvalue weighted by atomic mass is 9.97. The second-order valence-electron chi connectivity index (χ2n) is 4.69. The molecule has 0 spiro atoms. The van der Waals surface area contributed by atoms with E-state index >= 15 is 0 Å². The summed E-state index contributed by atoms with van der Waals surface area (Å²) in [6.07, 6.45) is 4.86. The van der Waals surface area contributed by atoms with Gasteiger partial charge in [-0.3, -0.25) is 0 Å². The predicted octanol–water partition coefficient (Wildman–Crippen LogP) is 1.84. The number of nitrogens with one attached hydrogen (secondary N) is 1. The van der Waals surface area contributed by atoms with Gasteiger partial charge in [0, 0.05) is 12.1 Å². The number of fused-ring (bicyclic) bond motifs is 1. The highest BCUT2D eigenvalue weighted by Crippen LogP contribution is 2.32. The van der Waals surface area contributed by atoms with Crippen LogP contribution in [-0.4, -0.2) is 23.8 Å². The molecule has 0 amide bonds. The largest absolute Gasteiger partial charge is 0.508 e. The van der Waals surface area contributed by atoms with E-state index in [2.05, 4.69) is 5.32 Å². The van der Waals surface area contributed by atoms with E-state index in [1.807, 2.05) is 6.07 Å². The maximum atomic E-state index is 9.44. The minimum absolute atomic E-state index is 0.275. The van der Waals surface area contributed by atoms with Crippen molar-refractivity contribution in [2.24, 2.45) is 0 Å². The van der Waals surface area contributed by atoms with E-state index in [1.165, 1.54) is 18.4 Å². The number of ether oxygens (including phenoxy) is 1. The molecule has 2 N–H and O–H groups in total. The molecule has 0 radical (unpaired) electrons. The van der Waals surface area contributed by atoms with Gasteiger partial charge in [-0.15, -0.1) is 0 Å². The number of rotatable bonds is 1. The molecule has 0 bridgehead atoms. The fourth-order valence-electron chi connectivity index (χ4n) is 2.69. The topological polar surface area (TPSA) is 41.5 Å². The van der Waals surface area contributed by atoms with E-state index in [4.69, 9.17) is 4.74 Å². The summed E-state index contributed by atoms with van der Waals surface area (Å²) in [4.78, 5) is 0. The number of phenolic OH excluding ortho intramolecular Hbond substituents is 1. The van der Waals surface area contributed by atoms with Crippen molar-refractivity contribution in [1.29, 1.82) is 0 Å². The third-order valence-electron chi connectivity index (χ3n) is 3.57. The normalized spacial score (nSPS) is 28.5. The number of hydrogen-bond acceptors (Lipinski definition) is 3. The van der Waals surface area contributed by atoms with Gasteiger partial charge in [0.2, 0.25) is 0 Å². The first-order valence-corrected chi connectivity index (χ1v) is 6.05. The third kappa shape index (κ3) is 1.76. The van der Waals surface area contributed by atoms with Crippen LogP contribution in [0.5, 0.6) is 11.5 Å². The lowest BCUT2D eigenvalue weighted by molar-refractivity contribution is 0.136. The monoisotopic (exact) mass is 219 g/mol. The number of hydrogen-bond donors (Lipinski definition) is 2. The van der Waals surface area contributed by atoms with Gasteiger partial charge in [0.15, 0.2) is 0 Å². The number of benzene rings is 1. The smallest absolute Gasteiger partial charge is 0.126 e. The highest BCUT2D eigenvalue weighted by Gasteiger charge is 2.29. The quantitative estimate of drug-likeness (QED) is 0.757. The van der Waals surface area contributed by atoms with Crippen molar-refractivity contribution in [3.8, 4) is 11.5 Å². The lowest BCUT2D eigenvalue weighted by Gasteiger charge is -2.30. The summed E-state index contributed by atoms with van der Waals surface area (Å²) in [5.74, 6) is 1.16. The van der Waals surface area contributed by atoms with E-state index in [0.717, 1.165) is 25.1 Å². The van der Waals surface area contributed by atoms with Crippen LogP contribution in [0.3, 0.4) is 0 Å². The van der Waals surface area contributed by atoms with Gasteiger partial charge in [-0.25, -0.2) is 0 Å². The summed E-state index contributed by atoms with van der Waals surface area (Å²) in [6, 6.07) is 5.92. The minimum atomic E-state index is 0.275. The zero-order valence-electron chi connectivity index (χ0n) is 9.28. The molecule has 2 unspecified atom stereocenters. The fraction of sp³-hybridized carbons (Fsp3) is 0.538. The summed E-state index contributed by atoms with van der Waals surface area (Å²) in [6.45, 7) is 1.11. The highest BCUT2D eigenvalue weighted by atomic mass is 16.5.